The molecule has 3 N–H and O–H groups in total. The predicted molar refractivity (Wildman–Crippen MR) is 82.1 cm³/mol. The van der Waals surface area contributed by atoms with E-state index in [9.17, 15) is 9.90 Å². The Kier molecular flexibility index (Phi) is 4.73. The number of aliphatic carboxylic acids is 1. The van der Waals surface area contributed by atoms with Crippen LogP contribution in [0.4, 0.5) is 5.13 Å². The van der Waals surface area contributed by atoms with Gasteiger partial charge in [0.2, 0.25) is 0 Å². The summed E-state index contributed by atoms with van der Waals surface area (Å²) >= 11 is 13.3. The van der Waals surface area contributed by atoms with Crippen molar-refractivity contribution in [2.24, 2.45) is 5.92 Å². The van der Waals surface area contributed by atoms with Crippen LogP contribution in [-0.2, 0) is 4.79 Å². The van der Waals surface area contributed by atoms with E-state index in [1.165, 1.54) is 11.3 Å². The summed E-state index contributed by atoms with van der Waals surface area (Å²) in [5.41, 5.74) is 7.37. The van der Waals surface area contributed by atoms with Crippen molar-refractivity contribution in [3.05, 3.63) is 33.3 Å². The van der Waals surface area contributed by atoms with Crippen LogP contribution in [0.15, 0.2) is 27.6 Å². The van der Waals surface area contributed by atoms with Gasteiger partial charge in [-0.1, -0.05) is 29.8 Å². The Morgan fingerprint density at radius 2 is 2.25 bits per heavy atom. The molecule has 0 radical (unpaired) electrons. The zero-order valence-electron chi connectivity index (χ0n) is 10.6. The fourth-order valence-electron chi connectivity index (χ4n) is 2.65. The second-order valence-corrected chi connectivity index (χ2v) is 6.54. The first-order chi connectivity index (χ1) is 9.41. The maximum atomic E-state index is 11.2. The van der Waals surface area contributed by atoms with Crippen molar-refractivity contribution < 1.29 is 9.90 Å². The van der Waals surface area contributed by atoms with Crippen LogP contribution in [0.25, 0.3) is 0 Å². The van der Waals surface area contributed by atoms with E-state index >= 15 is 0 Å². The molecule has 7 heteroatoms. The van der Waals surface area contributed by atoms with Crippen LogP contribution in [0, 0.1) is 5.92 Å². The lowest BCUT2D eigenvalue weighted by molar-refractivity contribution is -0.133. The number of carboxylic acids is 1. The first-order valence-corrected chi connectivity index (χ1v) is 7.72. The van der Waals surface area contributed by atoms with Gasteiger partial charge in [-0.25, -0.2) is 9.78 Å². The van der Waals surface area contributed by atoms with Crippen LogP contribution in [0.2, 0.25) is 0 Å². The molecule has 1 fully saturated rings. The lowest BCUT2D eigenvalue weighted by Crippen LogP contribution is -2.25. The highest BCUT2D eigenvalue weighted by molar-refractivity contribution is 7.13. The monoisotopic (exact) mass is 332 g/mol. The molecule has 1 aromatic rings. The van der Waals surface area contributed by atoms with E-state index in [2.05, 4.69) is 11.6 Å². The largest absolute Gasteiger partial charge is 0.478 e. The first-order valence-electron chi connectivity index (χ1n) is 6.08. The predicted octanol–water partition coefficient (Wildman–Crippen LogP) is 3.94. The highest BCUT2D eigenvalue weighted by Gasteiger charge is 2.36. The normalized spacial score (nSPS) is 22.6. The summed E-state index contributed by atoms with van der Waals surface area (Å²) in [5.74, 6) is -1.52. The number of thiazole rings is 1. The molecule has 2 rings (SSSR count). The molecule has 1 aliphatic rings. The van der Waals surface area contributed by atoms with E-state index in [0.29, 0.717) is 10.8 Å². The van der Waals surface area contributed by atoms with Gasteiger partial charge >= 0.3 is 5.97 Å². The summed E-state index contributed by atoms with van der Waals surface area (Å²) in [6, 6.07) is 0. The van der Waals surface area contributed by atoms with Crippen LogP contribution in [0.3, 0.4) is 0 Å². The SMILES string of the molecule is C=C(C(=O)O)C1CCCC(=C(Cl)Cl)C1c1csc(N)n1. The van der Waals surface area contributed by atoms with Crippen molar-refractivity contribution in [2.75, 3.05) is 5.73 Å². The lowest BCUT2D eigenvalue weighted by atomic mass is 9.72. The number of nitrogens with two attached hydrogens (primary N) is 1. The number of rotatable bonds is 3. The maximum absolute atomic E-state index is 11.2. The van der Waals surface area contributed by atoms with Crippen LogP contribution in [0.1, 0.15) is 30.9 Å². The summed E-state index contributed by atoms with van der Waals surface area (Å²) in [6.45, 7) is 3.69. The average molecular weight is 333 g/mol. The molecule has 20 heavy (non-hydrogen) atoms. The number of aromatic nitrogens is 1. The molecule has 0 bridgehead atoms. The topological polar surface area (TPSA) is 76.2 Å². The Labute approximate surface area is 130 Å². The molecule has 0 aromatic carbocycles. The van der Waals surface area contributed by atoms with Crippen molar-refractivity contribution in [1.29, 1.82) is 0 Å². The zero-order chi connectivity index (χ0) is 14.9. The van der Waals surface area contributed by atoms with E-state index in [0.717, 1.165) is 24.8 Å². The number of carbonyl (C=O) groups is 1. The first kappa shape index (κ1) is 15.4. The van der Waals surface area contributed by atoms with Gasteiger partial charge in [0.15, 0.2) is 5.13 Å². The number of carboxylic acid groups (broad SMARTS) is 1. The van der Waals surface area contributed by atoms with Gasteiger partial charge in [-0.05, 0) is 24.8 Å². The summed E-state index contributed by atoms with van der Waals surface area (Å²) in [7, 11) is 0. The third-order valence-electron chi connectivity index (χ3n) is 3.56. The smallest absolute Gasteiger partial charge is 0.331 e. The van der Waals surface area contributed by atoms with Crippen molar-refractivity contribution in [3.63, 3.8) is 0 Å². The molecule has 1 aliphatic carbocycles. The van der Waals surface area contributed by atoms with Gasteiger partial charge in [0.1, 0.15) is 4.49 Å². The molecule has 0 saturated heterocycles. The zero-order valence-corrected chi connectivity index (χ0v) is 12.9. The van der Waals surface area contributed by atoms with Crippen molar-refractivity contribution >= 4 is 45.6 Å². The van der Waals surface area contributed by atoms with Crippen LogP contribution >= 0.6 is 34.5 Å². The summed E-state index contributed by atoms with van der Waals surface area (Å²) in [4.78, 5) is 15.5. The van der Waals surface area contributed by atoms with Gasteiger partial charge < -0.3 is 10.8 Å². The highest BCUT2D eigenvalue weighted by atomic mass is 35.5. The second kappa shape index (κ2) is 6.16. The molecule has 0 amide bonds. The standard InChI is InChI=1S/C13H14Cl2N2O2S/c1-6(12(18)19)7-3-2-4-8(11(14)15)10(7)9-5-20-13(16)17-9/h5,7,10H,1-4H2,(H2,16,17)(H,18,19). The Morgan fingerprint density at radius 1 is 1.55 bits per heavy atom. The number of nitrogen functional groups attached to an aromatic ring is 1. The number of allylic oxidation sites excluding steroid dienone is 1. The molecule has 1 aromatic heterocycles. The number of halogens is 2. The highest BCUT2D eigenvalue weighted by Crippen LogP contribution is 2.47. The lowest BCUT2D eigenvalue weighted by Gasteiger charge is -2.33. The minimum atomic E-state index is -1.00. The Morgan fingerprint density at radius 3 is 2.75 bits per heavy atom. The molecular formula is C13H14Cl2N2O2S. The van der Waals surface area contributed by atoms with Gasteiger partial charge in [-0.2, -0.15) is 0 Å². The fraction of sp³-hybridized carbons (Fsp3) is 0.385. The maximum Gasteiger partial charge on any atom is 0.331 e. The van der Waals surface area contributed by atoms with Gasteiger partial charge in [0.05, 0.1) is 5.69 Å². The van der Waals surface area contributed by atoms with Crippen molar-refractivity contribution in [2.45, 2.75) is 25.2 Å². The van der Waals surface area contributed by atoms with Gasteiger partial charge in [-0.3, -0.25) is 0 Å². The van der Waals surface area contributed by atoms with Gasteiger partial charge in [0.25, 0.3) is 0 Å². The molecule has 4 nitrogen and oxygen atoms in total. The molecule has 2 unspecified atom stereocenters. The van der Waals surface area contributed by atoms with Crippen LogP contribution < -0.4 is 5.73 Å². The molecule has 0 spiro atoms. The van der Waals surface area contributed by atoms with E-state index in [-0.39, 0.29) is 21.9 Å². The number of hydrogen-bond acceptors (Lipinski definition) is 4. The van der Waals surface area contributed by atoms with Crippen LogP contribution in [-0.4, -0.2) is 16.1 Å². The minimum Gasteiger partial charge on any atom is -0.478 e. The van der Waals surface area contributed by atoms with E-state index in [4.69, 9.17) is 28.9 Å². The number of anilines is 1. The molecule has 1 saturated carbocycles. The Hall–Kier alpha value is -1.04. The molecule has 1 heterocycles. The third-order valence-corrected chi connectivity index (χ3v) is 4.74. The molecule has 108 valence electrons. The van der Waals surface area contributed by atoms with E-state index in [1.807, 2.05) is 5.38 Å². The Balaban J connectivity index is 2.47. The molecule has 2 atom stereocenters. The number of nitrogens with zero attached hydrogens (tertiary/aromatic N) is 1. The van der Waals surface area contributed by atoms with Gasteiger partial charge in [0, 0.05) is 22.8 Å². The minimum absolute atomic E-state index is 0.161. The summed E-state index contributed by atoms with van der Waals surface area (Å²) in [5, 5.41) is 11.5. The quantitative estimate of drug-likeness (QED) is 0.822. The van der Waals surface area contributed by atoms with Crippen molar-refractivity contribution in [1.82, 2.24) is 4.98 Å². The summed E-state index contributed by atoms with van der Waals surface area (Å²) in [6.07, 6.45) is 2.27. The van der Waals surface area contributed by atoms with Crippen molar-refractivity contribution in [3.8, 4) is 0 Å². The van der Waals surface area contributed by atoms with Crippen LogP contribution in [0.5, 0.6) is 0 Å². The molecular weight excluding hydrogens is 319 g/mol. The van der Waals surface area contributed by atoms with Gasteiger partial charge in [-0.15, -0.1) is 11.3 Å². The average Bonchev–Trinajstić information content (AvgIpc) is 2.83. The van der Waals surface area contributed by atoms with E-state index in [1.54, 1.807) is 0 Å². The Bertz CT molecular complexity index is 579. The number of hydrogen-bond donors (Lipinski definition) is 2. The summed E-state index contributed by atoms with van der Waals surface area (Å²) < 4.78 is 0.185. The third kappa shape index (κ3) is 3.00. The van der Waals surface area contributed by atoms with E-state index < -0.39 is 5.97 Å². The molecule has 0 aliphatic heterocycles. The fourth-order valence-corrected chi connectivity index (χ4v) is 3.67. The second-order valence-electron chi connectivity index (χ2n) is 4.70.